The summed E-state index contributed by atoms with van der Waals surface area (Å²) in [7, 11) is 0. The third-order valence-electron chi connectivity index (χ3n) is 3.62. The minimum Gasteiger partial charge on any atom is -0.350 e. The predicted octanol–water partition coefficient (Wildman–Crippen LogP) is 4.22. The van der Waals surface area contributed by atoms with Crippen molar-refractivity contribution in [3.63, 3.8) is 0 Å². The lowest BCUT2D eigenvalue weighted by Crippen LogP contribution is -2.05. The number of hydrogen-bond donors (Lipinski definition) is 3. The molecule has 4 aromatic rings. The lowest BCUT2D eigenvalue weighted by Gasteiger charge is -2.09. The minimum absolute atomic E-state index is 0.250. The first-order valence-corrected chi connectivity index (χ1v) is 8.58. The molecule has 0 unspecified atom stereocenters. The highest BCUT2D eigenvalue weighted by molar-refractivity contribution is 7.17. The van der Waals surface area contributed by atoms with Crippen molar-refractivity contribution in [1.82, 2.24) is 20.2 Å². The van der Waals surface area contributed by atoms with Crippen LogP contribution in [0.1, 0.15) is 11.3 Å². The maximum atomic E-state index is 13.0. The van der Waals surface area contributed by atoms with Crippen molar-refractivity contribution in [2.75, 3.05) is 10.6 Å². The Morgan fingerprint density at radius 3 is 2.76 bits per heavy atom. The zero-order valence-corrected chi connectivity index (χ0v) is 14.2. The van der Waals surface area contributed by atoms with Crippen molar-refractivity contribution in [3.05, 3.63) is 58.9 Å². The first-order chi connectivity index (χ1) is 12.2. The number of hydrogen-bond acceptors (Lipinski definition) is 6. The summed E-state index contributed by atoms with van der Waals surface area (Å²) < 4.78 is 14.0. The Kier molecular flexibility index (Phi) is 4.02. The van der Waals surface area contributed by atoms with Crippen molar-refractivity contribution in [1.29, 1.82) is 0 Å². The number of anilines is 3. The van der Waals surface area contributed by atoms with Gasteiger partial charge in [-0.25, -0.2) is 9.37 Å². The number of aromatic amines is 1. The molecule has 0 fully saturated rings. The first kappa shape index (κ1) is 15.5. The van der Waals surface area contributed by atoms with E-state index in [0.717, 1.165) is 21.5 Å². The van der Waals surface area contributed by atoms with Crippen LogP contribution in [0.15, 0.2) is 41.8 Å². The number of rotatable bonds is 5. The molecule has 0 saturated heterocycles. The molecule has 126 valence electrons. The molecule has 1 aromatic carbocycles. The second-order valence-electron chi connectivity index (χ2n) is 5.57. The first-order valence-electron chi connectivity index (χ1n) is 7.70. The number of thiophene rings is 1. The summed E-state index contributed by atoms with van der Waals surface area (Å²) in [4.78, 5) is 9.08. The predicted molar refractivity (Wildman–Crippen MR) is 97.7 cm³/mol. The van der Waals surface area contributed by atoms with Crippen LogP contribution in [-0.4, -0.2) is 20.2 Å². The Morgan fingerprint density at radius 1 is 1.16 bits per heavy atom. The second-order valence-corrected chi connectivity index (χ2v) is 6.49. The van der Waals surface area contributed by atoms with Crippen LogP contribution in [-0.2, 0) is 6.54 Å². The van der Waals surface area contributed by atoms with E-state index in [-0.39, 0.29) is 5.82 Å². The van der Waals surface area contributed by atoms with Crippen LogP contribution in [0.2, 0.25) is 0 Å². The van der Waals surface area contributed by atoms with Crippen LogP contribution < -0.4 is 10.6 Å². The normalized spacial score (nSPS) is 11.0. The average molecular weight is 354 g/mol. The van der Waals surface area contributed by atoms with Gasteiger partial charge in [0.05, 0.1) is 10.2 Å². The smallest absolute Gasteiger partial charge is 0.225 e. The molecule has 8 heteroatoms. The lowest BCUT2D eigenvalue weighted by atomic mass is 10.2. The summed E-state index contributed by atoms with van der Waals surface area (Å²) in [5.74, 6) is 1.66. The molecule has 0 aliphatic heterocycles. The van der Waals surface area contributed by atoms with Gasteiger partial charge in [-0.15, -0.1) is 11.3 Å². The van der Waals surface area contributed by atoms with E-state index in [1.807, 2.05) is 24.4 Å². The molecule has 0 amide bonds. The Bertz CT molecular complexity index is 1010. The maximum Gasteiger partial charge on any atom is 0.225 e. The Labute approximate surface area is 147 Å². The molecule has 0 aliphatic carbocycles. The molecule has 0 spiro atoms. The minimum atomic E-state index is -0.250. The molecular weight excluding hydrogens is 339 g/mol. The largest absolute Gasteiger partial charge is 0.350 e. The zero-order valence-electron chi connectivity index (χ0n) is 13.4. The molecule has 0 atom stereocenters. The number of halogens is 1. The molecule has 3 heterocycles. The van der Waals surface area contributed by atoms with Gasteiger partial charge >= 0.3 is 0 Å². The third-order valence-corrected chi connectivity index (χ3v) is 4.53. The fraction of sp³-hybridized carbons (Fsp3) is 0.118. The van der Waals surface area contributed by atoms with Crippen LogP contribution in [0, 0.1) is 12.7 Å². The second kappa shape index (κ2) is 6.48. The molecule has 0 bridgehead atoms. The molecule has 0 aliphatic rings. The van der Waals surface area contributed by atoms with E-state index in [9.17, 15) is 4.39 Å². The van der Waals surface area contributed by atoms with E-state index in [1.165, 1.54) is 12.1 Å². The number of fused-ring (bicyclic) bond motifs is 1. The van der Waals surface area contributed by atoms with E-state index >= 15 is 0 Å². The Morgan fingerprint density at radius 2 is 2.00 bits per heavy atom. The fourth-order valence-electron chi connectivity index (χ4n) is 2.41. The quantitative estimate of drug-likeness (QED) is 0.500. The molecule has 25 heavy (non-hydrogen) atoms. The summed E-state index contributed by atoms with van der Waals surface area (Å²) >= 11 is 1.57. The van der Waals surface area contributed by atoms with E-state index < -0.39 is 0 Å². The lowest BCUT2D eigenvalue weighted by molar-refractivity contribution is 0.627. The van der Waals surface area contributed by atoms with Crippen LogP contribution in [0.5, 0.6) is 0 Å². The van der Waals surface area contributed by atoms with Crippen molar-refractivity contribution in [3.8, 4) is 0 Å². The molecule has 3 N–H and O–H groups in total. The van der Waals surface area contributed by atoms with Gasteiger partial charge in [-0.3, -0.25) is 5.10 Å². The third kappa shape index (κ3) is 3.43. The van der Waals surface area contributed by atoms with E-state index in [1.54, 1.807) is 23.5 Å². The highest BCUT2D eigenvalue weighted by Gasteiger charge is 2.10. The van der Waals surface area contributed by atoms with Gasteiger partial charge in [0.15, 0.2) is 11.6 Å². The monoisotopic (exact) mass is 354 g/mol. The highest BCUT2D eigenvalue weighted by atomic mass is 32.1. The van der Waals surface area contributed by atoms with E-state index in [4.69, 9.17) is 0 Å². The molecule has 0 radical (unpaired) electrons. The number of benzene rings is 1. The molecule has 3 aromatic heterocycles. The maximum absolute atomic E-state index is 13.0. The van der Waals surface area contributed by atoms with Gasteiger partial charge in [0.25, 0.3) is 0 Å². The molecular formula is C17H15FN6S. The number of nitrogens with one attached hydrogen (secondary N) is 3. The van der Waals surface area contributed by atoms with Crippen molar-refractivity contribution in [2.24, 2.45) is 0 Å². The van der Waals surface area contributed by atoms with Gasteiger partial charge in [-0.05, 0) is 36.1 Å². The van der Waals surface area contributed by atoms with E-state index in [0.29, 0.717) is 24.1 Å². The van der Waals surface area contributed by atoms with Crippen molar-refractivity contribution < 1.29 is 4.39 Å². The van der Waals surface area contributed by atoms with Gasteiger partial charge < -0.3 is 10.6 Å². The Hall–Kier alpha value is -3.00. The molecule has 4 rings (SSSR count). The Balaban J connectivity index is 1.59. The van der Waals surface area contributed by atoms with E-state index in [2.05, 4.69) is 30.8 Å². The van der Waals surface area contributed by atoms with Crippen LogP contribution in [0.25, 0.3) is 10.2 Å². The number of nitrogens with zero attached hydrogens (tertiary/aromatic N) is 3. The number of H-pyrrole nitrogens is 1. The van der Waals surface area contributed by atoms with Crippen LogP contribution >= 0.6 is 11.3 Å². The van der Waals surface area contributed by atoms with Crippen molar-refractivity contribution >= 4 is 39.1 Å². The summed E-state index contributed by atoms with van der Waals surface area (Å²) in [5, 5.41) is 15.5. The standard InChI is InChI=1S/C17H15FN6S/c1-10-8-14(24-23-10)21-16-15-13(6-7-25-15)20-17(22-16)19-9-11-2-4-12(18)5-3-11/h2-8H,9H2,1H3,(H3,19,20,21,22,23,24). The molecule has 0 saturated carbocycles. The zero-order chi connectivity index (χ0) is 17.2. The van der Waals surface area contributed by atoms with Gasteiger partial charge in [0.1, 0.15) is 5.82 Å². The summed E-state index contributed by atoms with van der Waals surface area (Å²) in [6, 6.07) is 10.2. The SMILES string of the molecule is Cc1cc(Nc2nc(NCc3ccc(F)cc3)nc3ccsc23)n[nH]1. The topological polar surface area (TPSA) is 78.5 Å². The van der Waals surface area contributed by atoms with Gasteiger partial charge in [-0.1, -0.05) is 12.1 Å². The van der Waals surface area contributed by atoms with Gasteiger partial charge in [-0.2, -0.15) is 10.1 Å². The van der Waals surface area contributed by atoms with Crippen molar-refractivity contribution in [2.45, 2.75) is 13.5 Å². The fourth-order valence-corrected chi connectivity index (χ4v) is 3.19. The summed E-state index contributed by atoms with van der Waals surface area (Å²) in [6.45, 7) is 2.45. The van der Waals surface area contributed by atoms with Gasteiger partial charge in [0.2, 0.25) is 5.95 Å². The number of aromatic nitrogens is 4. The highest BCUT2D eigenvalue weighted by Crippen LogP contribution is 2.29. The van der Waals surface area contributed by atoms with Crippen LogP contribution in [0.4, 0.5) is 22.0 Å². The molecule has 6 nitrogen and oxygen atoms in total. The summed E-state index contributed by atoms with van der Waals surface area (Å²) in [5.41, 5.74) is 2.78. The average Bonchev–Trinajstić information content (AvgIpc) is 3.23. The van der Waals surface area contributed by atoms with Crippen LogP contribution in [0.3, 0.4) is 0 Å². The summed E-state index contributed by atoms with van der Waals surface area (Å²) in [6.07, 6.45) is 0. The van der Waals surface area contributed by atoms with Gasteiger partial charge in [0, 0.05) is 18.3 Å². The number of aryl methyl sites for hydroxylation is 1.